The van der Waals surface area contributed by atoms with E-state index in [2.05, 4.69) is 17.4 Å². The number of carbonyl (C=O) groups excluding carboxylic acids is 2. The van der Waals surface area contributed by atoms with Crippen molar-refractivity contribution in [1.29, 1.82) is 0 Å². The minimum Gasteiger partial charge on any atom is -0.345 e. The molecule has 0 saturated heterocycles. The third-order valence-electron chi connectivity index (χ3n) is 2.97. The number of benzene rings is 1. The number of hydrogen-bond acceptors (Lipinski definition) is 2. The van der Waals surface area contributed by atoms with Crippen LogP contribution in [0.5, 0.6) is 0 Å². The molecule has 4 nitrogen and oxygen atoms in total. The Bertz CT molecular complexity index is 418. The molecule has 0 fully saturated rings. The summed E-state index contributed by atoms with van der Waals surface area (Å²) >= 11 is 0. The summed E-state index contributed by atoms with van der Waals surface area (Å²) in [7, 11) is 1.77. The van der Waals surface area contributed by atoms with Crippen LogP contribution in [0.25, 0.3) is 0 Å². The van der Waals surface area contributed by atoms with Crippen molar-refractivity contribution >= 4 is 11.8 Å². The van der Waals surface area contributed by atoms with Gasteiger partial charge in [-0.25, -0.2) is 0 Å². The molecular weight excluding hydrogens is 264 g/mol. The average Bonchev–Trinajstić information content (AvgIpc) is 2.48. The van der Waals surface area contributed by atoms with Crippen molar-refractivity contribution in [2.45, 2.75) is 46.6 Å². The van der Waals surface area contributed by atoms with E-state index in [0.29, 0.717) is 6.54 Å². The molecule has 2 amide bonds. The summed E-state index contributed by atoms with van der Waals surface area (Å²) in [6.45, 7) is 7.81. The monoisotopic (exact) mass is 292 g/mol. The van der Waals surface area contributed by atoms with Crippen LogP contribution in [-0.4, -0.2) is 36.3 Å². The molecule has 1 aromatic carbocycles. The van der Waals surface area contributed by atoms with Gasteiger partial charge in [-0.2, -0.15) is 0 Å². The van der Waals surface area contributed by atoms with Gasteiger partial charge in [-0.15, -0.1) is 0 Å². The van der Waals surface area contributed by atoms with Crippen LogP contribution in [-0.2, 0) is 16.0 Å². The second-order valence-electron chi connectivity index (χ2n) is 4.77. The molecule has 1 rings (SSSR count). The first kappa shape index (κ1) is 19.2. The van der Waals surface area contributed by atoms with E-state index in [1.54, 1.807) is 18.9 Å². The smallest absolute Gasteiger partial charge is 0.244 e. The molecule has 4 heteroatoms. The molecule has 0 bridgehead atoms. The molecule has 0 aliphatic carbocycles. The van der Waals surface area contributed by atoms with Gasteiger partial charge in [-0.05, 0) is 25.3 Å². The first-order valence-electron chi connectivity index (χ1n) is 7.56. The molecule has 1 aromatic rings. The summed E-state index contributed by atoms with van der Waals surface area (Å²) in [4.78, 5) is 24.5. The van der Waals surface area contributed by atoms with Gasteiger partial charge in [-0.3, -0.25) is 9.59 Å². The normalized spacial score (nSPS) is 10.9. The van der Waals surface area contributed by atoms with Crippen molar-refractivity contribution in [3.05, 3.63) is 35.9 Å². The molecule has 1 atom stereocenters. The number of nitrogens with one attached hydrogen (secondary N) is 1. The zero-order valence-corrected chi connectivity index (χ0v) is 13.8. The standard InChI is InChI=1S/C15H22N2O2.C2H6/c1-12(16-13(2)18)15(19)17(3)11-7-10-14-8-5-4-6-9-14;1-2/h4-6,8-9,12H,7,10-11H2,1-3H3,(H,16,18);1-2H3. The van der Waals surface area contributed by atoms with Crippen LogP contribution in [0.2, 0.25) is 0 Å². The summed E-state index contributed by atoms with van der Waals surface area (Å²) in [6.07, 6.45) is 1.87. The molecule has 1 unspecified atom stereocenters. The number of amides is 2. The average molecular weight is 292 g/mol. The van der Waals surface area contributed by atoms with Crippen molar-refractivity contribution in [2.75, 3.05) is 13.6 Å². The van der Waals surface area contributed by atoms with E-state index in [1.807, 2.05) is 32.0 Å². The molecule has 1 N–H and O–H groups in total. The molecule has 0 aromatic heterocycles. The van der Waals surface area contributed by atoms with Crippen LogP contribution in [0.1, 0.15) is 39.7 Å². The van der Waals surface area contributed by atoms with Crippen LogP contribution < -0.4 is 5.32 Å². The number of nitrogens with zero attached hydrogens (tertiary/aromatic N) is 1. The maximum Gasteiger partial charge on any atom is 0.244 e. The highest BCUT2D eigenvalue weighted by Crippen LogP contribution is 2.03. The fourth-order valence-electron chi connectivity index (χ4n) is 1.97. The first-order chi connectivity index (χ1) is 10.0. The molecule has 0 aliphatic heterocycles. The van der Waals surface area contributed by atoms with Crippen molar-refractivity contribution in [3.8, 4) is 0 Å². The predicted octanol–water partition coefficient (Wildman–Crippen LogP) is 2.63. The van der Waals surface area contributed by atoms with Crippen molar-refractivity contribution < 1.29 is 9.59 Å². The Balaban J connectivity index is 0.00000191. The van der Waals surface area contributed by atoms with E-state index in [4.69, 9.17) is 0 Å². The van der Waals surface area contributed by atoms with Gasteiger partial charge < -0.3 is 10.2 Å². The van der Waals surface area contributed by atoms with Gasteiger partial charge in [0.1, 0.15) is 6.04 Å². The van der Waals surface area contributed by atoms with E-state index < -0.39 is 6.04 Å². The Morgan fingerprint density at radius 2 is 1.76 bits per heavy atom. The second-order valence-corrected chi connectivity index (χ2v) is 4.77. The zero-order valence-electron chi connectivity index (χ0n) is 13.8. The summed E-state index contributed by atoms with van der Waals surface area (Å²) in [6, 6.07) is 9.74. The lowest BCUT2D eigenvalue weighted by Crippen LogP contribution is -2.45. The molecular formula is C17H28N2O2. The number of likely N-dealkylation sites (N-methyl/N-ethyl adjacent to an activating group) is 1. The quantitative estimate of drug-likeness (QED) is 0.876. The van der Waals surface area contributed by atoms with E-state index in [9.17, 15) is 9.59 Å². The van der Waals surface area contributed by atoms with Gasteiger partial charge in [-0.1, -0.05) is 44.2 Å². The highest BCUT2D eigenvalue weighted by atomic mass is 16.2. The Labute approximate surface area is 128 Å². The lowest BCUT2D eigenvalue weighted by Gasteiger charge is -2.21. The molecule has 118 valence electrons. The minimum atomic E-state index is -0.459. The predicted molar refractivity (Wildman–Crippen MR) is 87.0 cm³/mol. The van der Waals surface area contributed by atoms with Crippen LogP contribution in [0.3, 0.4) is 0 Å². The molecule has 0 radical (unpaired) electrons. The van der Waals surface area contributed by atoms with Crippen LogP contribution >= 0.6 is 0 Å². The van der Waals surface area contributed by atoms with Crippen LogP contribution in [0.4, 0.5) is 0 Å². The van der Waals surface area contributed by atoms with Gasteiger partial charge >= 0.3 is 0 Å². The minimum absolute atomic E-state index is 0.0525. The van der Waals surface area contributed by atoms with Crippen molar-refractivity contribution in [3.63, 3.8) is 0 Å². The Morgan fingerprint density at radius 1 is 1.19 bits per heavy atom. The third-order valence-corrected chi connectivity index (χ3v) is 2.97. The summed E-state index contributed by atoms with van der Waals surface area (Å²) in [5, 5.41) is 2.60. The molecule has 0 spiro atoms. The highest BCUT2D eigenvalue weighted by molar-refractivity contribution is 5.86. The largest absolute Gasteiger partial charge is 0.345 e. The Hall–Kier alpha value is -1.84. The van der Waals surface area contributed by atoms with Crippen molar-refractivity contribution in [2.24, 2.45) is 0 Å². The number of aryl methyl sites for hydroxylation is 1. The SMILES string of the molecule is CC.CC(=O)NC(C)C(=O)N(C)CCCc1ccccc1. The van der Waals surface area contributed by atoms with Crippen molar-refractivity contribution in [1.82, 2.24) is 10.2 Å². The Morgan fingerprint density at radius 3 is 2.29 bits per heavy atom. The van der Waals surface area contributed by atoms with E-state index in [1.165, 1.54) is 12.5 Å². The van der Waals surface area contributed by atoms with Gasteiger partial charge in [0, 0.05) is 20.5 Å². The summed E-state index contributed by atoms with van der Waals surface area (Å²) < 4.78 is 0. The Kier molecular flexibility index (Phi) is 9.94. The third kappa shape index (κ3) is 8.12. The molecule has 0 saturated carbocycles. The van der Waals surface area contributed by atoms with E-state index in [-0.39, 0.29) is 11.8 Å². The number of carbonyl (C=O) groups is 2. The highest BCUT2D eigenvalue weighted by Gasteiger charge is 2.17. The number of rotatable bonds is 6. The molecule has 0 aliphatic rings. The van der Waals surface area contributed by atoms with Crippen LogP contribution in [0.15, 0.2) is 30.3 Å². The van der Waals surface area contributed by atoms with Gasteiger partial charge in [0.25, 0.3) is 0 Å². The fraction of sp³-hybridized carbons (Fsp3) is 0.529. The topological polar surface area (TPSA) is 49.4 Å². The lowest BCUT2D eigenvalue weighted by molar-refractivity contribution is -0.134. The van der Waals surface area contributed by atoms with Gasteiger partial charge in [0.2, 0.25) is 11.8 Å². The summed E-state index contributed by atoms with van der Waals surface area (Å²) in [5.74, 6) is -0.234. The summed E-state index contributed by atoms with van der Waals surface area (Å²) in [5.41, 5.74) is 1.28. The van der Waals surface area contributed by atoms with Gasteiger partial charge in [0.05, 0.1) is 0 Å². The molecule has 0 heterocycles. The lowest BCUT2D eigenvalue weighted by atomic mass is 10.1. The first-order valence-corrected chi connectivity index (χ1v) is 7.56. The molecule has 21 heavy (non-hydrogen) atoms. The van der Waals surface area contributed by atoms with Crippen LogP contribution in [0, 0.1) is 0 Å². The van der Waals surface area contributed by atoms with Gasteiger partial charge in [0.15, 0.2) is 0 Å². The second kappa shape index (κ2) is 10.9. The number of hydrogen-bond donors (Lipinski definition) is 1. The van der Waals surface area contributed by atoms with E-state index in [0.717, 1.165) is 12.8 Å². The van der Waals surface area contributed by atoms with E-state index >= 15 is 0 Å². The fourth-order valence-corrected chi connectivity index (χ4v) is 1.97. The zero-order chi connectivity index (χ0) is 16.3. The maximum absolute atomic E-state index is 11.9. The maximum atomic E-state index is 11.9.